The molecule has 0 saturated carbocycles. The van der Waals surface area contributed by atoms with Crippen LogP contribution in [-0.2, 0) is 6.42 Å². The summed E-state index contributed by atoms with van der Waals surface area (Å²) in [5.74, 6) is 0.354. The topological polar surface area (TPSA) is 107 Å². The zero-order valence-corrected chi connectivity index (χ0v) is 17.3. The quantitative estimate of drug-likeness (QED) is 0.664. The zero-order chi connectivity index (χ0) is 21.8. The van der Waals surface area contributed by atoms with Crippen LogP contribution in [0.3, 0.4) is 0 Å². The molecular formula is C23H24N6O2. The van der Waals surface area contributed by atoms with E-state index in [2.05, 4.69) is 26.4 Å². The Balaban J connectivity index is 1.49. The van der Waals surface area contributed by atoms with E-state index in [0.29, 0.717) is 23.4 Å². The molecule has 1 aliphatic rings. The first-order valence-electron chi connectivity index (χ1n) is 10.3. The molecule has 2 aromatic heterocycles. The fourth-order valence-corrected chi connectivity index (χ4v) is 3.77. The van der Waals surface area contributed by atoms with Crippen molar-refractivity contribution in [3.8, 4) is 23.0 Å². The number of benzene rings is 1. The average Bonchev–Trinajstić information content (AvgIpc) is 3.18. The molecule has 1 unspecified atom stereocenters. The molecule has 1 saturated heterocycles. The molecule has 1 fully saturated rings. The van der Waals surface area contributed by atoms with Gasteiger partial charge in [-0.15, -0.1) is 0 Å². The summed E-state index contributed by atoms with van der Waals surface area (Å²) in [4.78, 5) is 31.5. The Bertz CT molecular complexity index is 1150. The maximum Gasteiger partial charge on any atom is 0.272 e. The largest absolute Gasteiger partial charge is 0.336 e. The molecule has 2 N–H and O–H groups in total. The predicted molar refractivity (Wildman–Crippen MR) is 117 cm³/mol. The lowest BCUT2D eigenvalue weighted by Crippen LogP contribution is -2.48. The molecule has 158 valence electrons. The van der Waals surface area contributed by atoms with E-state index < -0.39 is 0 Å². The molecule has 3 aromatic rings. The second-order valence-corrected chi connectivity index (χ2v) is 7.76. The third kappa shape index (κ3) is 4.57. The van der Waals surface area contributed by atoms with Gasteiger partial charge >= 0.3 is 0 Å². The van der Waals surface area contributed by atoms with Gasteiger partial charge in [0.1, 0.15) is 0 Å². The van der Waals surface area contributed by atoms with Crippen LogP contribution >= 0.6 is 0 Å². The molecular weight excluding hydrogens is 392 g/mol. The van der Waals surface area contributed by atoms with Crippen LogP contribution in [0.4, 0.5) is 0 Å². The van der Waals surface area contributed by atoms with Gasteiger partial charge in [0.25, 0.3) is 11.5 Å². The summed E-state index contributed by atoms with van der Waals surface area (Å²) in [7, 11) is 2.02. The van der Waals surface area contributed by atoms with Crippen molar-refractivity contribution in [1.29, 1.82) is 5.26 Å². The van der Waals surface area contributed by atoms with Gasteiger partial charge in [0, 0.05) is 12.4 Å². The second-order valence-electron chi connectivity index (χ2n) is 7.76. The first-order chi connectivity index (χ1) is 15.0. The molecule has 0 spiro atoms. The number of piperidine rings is 1. The molecule has 1 aromatic carbocycles. The van der Waals surface area contributed by atoms with E-state index in [-0.39, 0.29) is 17.6 Å². The summed E-state index contributed by atoms with van der Waals surface area (Å²) in [6, 6.07) is 12.8. The molecule has 0 radical (unpaired) electrons. The molecule has 4 rings (SSSR count). The van der Waals surface area contributed by atoms with E-state index in [1.54, 1.807) is 18.3 Å². The highest BCUT2D eigenvalue weighted by atomic mass is 16.2. The molecule has 1 aliphatic heterocycles. The number of carbonyl (C=O) groups excluding carboxylic acids is 1. The molecule has 0 aliphatic carbocycles. The van der Waals surface area contributed by atoms with Gasteiger partial charge in [-0.2, -0.15) is 5.26 Å². The van der Waals surface area contributed by atoms with E-state index in [9.17, 15) is 9.59 Å². The SMILES string of the molecule is CN1CCCCC1NC(=O)c1ccc(-n2cc(-c3ccc(CC#N)cc3)c(=O)[nH]2)nc1. The van der Waals surface area contributed by atoms with E-state index in [1.807, 2.05) is 31.3 Å². The molecule has 0 bridgehead atoms. The summed E-state index contributed by atoms with van der Waals surface area (Å²) in [5, 5.41) is 14.6. The van der Waals surface area contributed by atoms with Crippen molar-refractivity contribution in [1.82, 2.24) is 25.0 Å². The average molecular weight is 416 g/mol. The Morgan fingerprint density at radius 3 is 2.74 bits per heavy atom. The van der Waals surface area contributed by atoms with Crippen molar-refractivity contribution in [2.24, 2.45) is 0 Å². The Morgan fingerprint density at radius 1 is 1.26 bits per heavy atom. The van der Waals surface area contributed by atoms with Crippen molar-refractivity contribution in [3.05, 3.63) is 70.3 Å². The zero-order valence-electron chi connectivity index (χ0n) is 17.3. The lowest BCUT2D eigenvalue weighted by atomic mass is 10.1. The lowest BCUT2D eigenvalue weighted by molar-refractivity contribution is 0.0829. The maximum atomic E-state index is 12.6. The summed E-state index contributed by atoms with van der Waals surface area (Å²) < 4.78 is 1.54. The number of hydrogen-bond acceptors (Lipinski definition) is 5. The number of pyridine rings is 1. The first kappa shape index (κ1) is 20.6. The van der Waals surface area contributed by atoms with Crippen molar-refractivity contribution in [2.45, 2.75) is 31.8 Å². The molecule has 8 heteroatoms. The Kier molecular flexibility index (Phi) is 5.96. The number of likely N-dealkylation sites (tertiary alicyclic amines) is 1. The van der Waals surface area contributed by atoms with Gasteiger partial charge < -0.3 is 5.32 Å². The number of hydrogen-bond donors (Lipinski definition) is 2. The van der Waals surface area contributed by atoms with Gasteiger partial charge in [-0.3, -0.25) is 19.6 Å². The Morgan fingerprint density at radius 2 is 2.06 bits per heavy atom. The van der Waals surface area contributed by atoms with E-state index >= 15 is 0 Å². The summed E-state index contributed by atoms with van der Waals surface area (Å²) in [6.45, 7) is 0.979. The molecule has 31 heavy (non-hydrogen) atoms. The van der Waals surface area contributed by atoms with Gasteiger partial charge in [0.05, 0.1) is 29.8 Å². The molecule has 3 heterocycles. The van der Waals surface area contributed by atoms with Crippen LogP contribution in [0, 0.1) is 11.3 Å². The molecule has 1 amide bonds. The van der Waals surface area contributed by atoms with Crippen LogP contribution in [0.1, 0.15) is 35.2 Å². The van der Waals surface area contributed by atoms with Crippen LogP contribution < -0.4 is 10.9 Å². The van der Waals surface area contributed by atoms with Crippen LogP contribution in [0.15, 0.2) is 53.6 Å². The highest BCUT2D eigenvalue weighted by molar-refractivity contribution is 5.94. The monoisotopic (exact) mass is 416 g/mol. The number of nitriles is 1. The van der Waals surface area contributed by atoms with Gasteiger partial charge in [0.15, 0.2) is 5.82 Å². The van der Waals surface area contributed by atoms with Crippen molar-refractivity contribution in [3.63, 3.8) is 0 Å². The van der Waals surface area contributed by atoms with E-state index in [1.165, 1.54) is 10.9 Å². The number of carbonyl (C=O) groups is 1. The Hall–Kier alpha value is -3.70. The maximum absolute atomic E-state index is 12.6. The fraction of sp³-hybridized carbons (Fsp3) is 0.304. The Labute approximate surface area is 180 Å². The van der Waals surface area contributed by atoms with Crippen molar-refractivity contribution < 1.29 is 4.79 Å². The summed E-state index contributed by atoms with van der Waals surface area (Å²) >= 11 is 0. The third-order valence-corrected chi connectivity index (χ3v) is 5.60. The smallest absolute Gasteiger partial charge is 0.272 e. The minimum Gasteiger partial charge on any atom is -0.336 e. The number of H-pyrrole nitrogens is 1. The number of aromatic amines is 1. The number of nitrogens with zero attached hydrogens (tertiary/aromatic N) is 4. The normalized spacial score (nSPS) is 16.6. The number of nitrogens with one attached hydrogen (secondary N) is 2. The minimum absolute atomic E-state index is 0.0452. The first-order valence-corrected chi connectivity index (χ1v) is 10.3. The van der Waals surface area contributed by atoms with Crippen molar-refractivity contribution >= 4 is 5.91 Å². The van der Waals surface area contributed by atoms with Crippen LogP contribution in [-0.4, -0.2) is 45.3 Å². The summed E-state index contributed by atoms with van der Waals surface area (Å²) in [6.07, 6.45) is 6.78. The molecule has 1 atom stereocenters. The lowest BCUT2D eigenvalue weighted by Gasteiger charge is -2.32. The van der Waals surface area contributed by atoms with Gasteiger partial charge in [0.2, 0.25) is 0 Å². The van der Waals surface area contributed by atoms with E-state index in [0.717, 1.165) is 36.9 Å². The minimum atomic E-state index is -0.239. The fourth-order valence-electron chi connectivity index (χ4n) is 3.77. The van der Waals surface area contributed by atoms with Crippen LogP contribution in [0.25, 0.3) is 16.9 Å². The molecule has 8 nitrogen and oxygen atoms in total. The van der Waals surface area contributed by atoms with Gasteiger partial charge in [-0.05, 0) is 56.1 Å². The number of amides is 1. The predicted octanol–water partition coefficient (Wildman–Crippen LogP) is 2.47. The standard InChI is InChI=1S/C23H24N6O2/c1-28-13-3-2-4-21(28)26-22(30)18-9-10-20(25-14-18)29-15-19(23(31)27-29)17-7-5-16(6-8-17)11-12-24/h5-10,14-15,21H,2-4,11,13H2,1H3,(H,26,30)(H,27,31). The van der Waals surface area contributed by atoms with Crippen LogP contribution in [0.5, 0.6) is 0 Å². The van der Waals surface area contributed by atoms with E-state index in [4.69, 9.17) is 5.26 Å². The third-order valence-electron chi connectivity index (χ3n) is 5.60. The van der Waals surface area contributed by atoms with Crippen LogP contribution in [0.2, 0.25) is 0 Å². The van der Waals surface area contributed by atoms with Gasteiger partial charge in [-0.25, -0.2) is 9.67 Å². The summed E-state index contributed by atoms with van der Waals surface area (Å²) in [5.41, 5.74) is 2.40. The second kappa shape index (κ2) is 8.98. The number of rotatable bonds is 5. The number of aromatic nitrogens is 3. The highest BCUT2D eigenvalue weighted by Gasteiger charge is 2.21. The van der Waals surface area contributed by atoms with Crippen molar-refractivity contribution in [2.75, 3.05) is 13.6 Å². The van der Waals surface area contributed by atoms with Gasteiger partial charge in [-0.1, -0.05) is 24.3 Å². The highest BCUT2D eigenvalue weighted by Crippen LogP contribution is 2.18.